The number of hydrogen-bond donors (Lipinski definition) is 2. The zero-order chi connectivity index (χ0) is 11.8. The molecule has 0 aliphatic rings. The van der Waals surface area contributed by atoms with Crippen LogP contribution in [0.15, 0.2) is 0 Å². The summed E-state index contributed by atoms with van der Waals surface area (Å²) in [6.07, 6.45) is -0.0948. The molecule has 15 heavy (non-hydrogen) atoms. The van der Waals surface area contributed by atoms with Gasteiger partial charge in [-0.15, -0.1) is 0 Å². The second-order valence-electron chi connectivity index (χ2n) is 2.93. The summed E-state index contributed by atoms with van der Waals surface area (Å²) < 4.78 is 4.61. The Morgan fingerprint density at radius 2 is 1.93 bits per heavy atom. The Morgan fingerprint density at radius 1 is 1.33 bits per heavy atom. The van der Waals surface area contributed by atoms with E-state index in [1.807, 2.05) is 0 Å². The summed E-state index contributed by atoms with van der Waals surface area (Å²) in [5.74, 6) is -2.05. The van der Waals surface area contributed by atoms with E-state index in [2.05, 4.69) is 10.1 Å². The van der Waals surface area contributed by atoms with Gasteiger partial charge in [-0.05, 0) is 13.8 Å². The molecule has 6 nitrogen and oxygen atoms in total. The molecule has 0 aliphatic carbocycles. The molecule has 0 aromatic heterocycles. The summed E-state index contributed by atoms with van der Waals surface area (Å²) in [6.45, 7) is 3.29. The van der Waals surface area contributed by atoms with Crippen molar-refractivity contribution < 1.29 is 24.2 Å². The predicted octanol–water partition coefficient (Wildman–Crippen LogP) is -0.0810. The molecular formula is C9H15NO5. The maximum absolute atomic E-state index is 11.1. The molecule has 0 unspecified atom stereocenters. The van der Waals surface area contributed by atoms with E-state index in [9.17, 15) is 14.4 Å². The fourth-order valence-corrected chi connectivity index (χ4v) is 0.824. The number of nitrogens with one attached hydrogen (secondary N) is 1. The molecule has 0 rings (SSSR count). The van der Waals surface area contributed by atoms with Crippen molar-refractivity contribution in [2.45, 2.75) is 32.7 Å². The van der Waals surface area contributed by atoms with E-state index in [1.54, 1.807) is 6.92 Å². The van der Waals surface area contributed by atoms with Crippen molar-refractivity contribution in [3.05, 3.63) is 0 Å². The van der Waals surface area contributed by atoms with Gasteiger partial charge in [-0.3, -0.25) is 14.4 Å². The number of hydrogen-bond acceptors (Lipinski definition) is 4. The lowest BCUT2D eigenvalue weighted by Gasteiger charge is -2.08. The summed E-state index contributed by atoms with van der Waals surface area (Å²) in [5, 5.41) is 10.7. The van der Waals surface area contributed by atoms with Gasteiger partial charge in [-0.2, -0.15) is 0 Å². The first-order valence-corrected chi connectivity index (χ1v) is 4.65. The number of aliphatic carboxylic acids is 1. The van der Waals surface area contributed by atoms with Crippen LogP contribution in [0.2, 0.25) is 0 Å². The SMILES string of the molecule is CCOC(=O)CCC(=O)N[C@H](C)C(=O)O. The number of carboxylic acid groups (broad SMARTS) is 1. The van der Waals surface area contributed by atoms with E-state index in [1.165, 1.54) is 6.92 Å². The second-order valence-corrected chi connectivity index (χ2v) is 2.93. The molecule has 0 aliphatic heterocycles. The average Bonchev–Trinajstić information content (AvgIpc) is 2.15. The normalized spacial score (nSPS) is 11.6. The molecule has 1 amide bonds. The van der Waals surface area contributed by atoms with E-state index >= 15 is 0 Å². The molecule has 6 heteroatoms. The summed E-state index contributed by atoms with van der Waals surface area (Å²) in [5.41, 5.74) is 0. The number of carbonyl (C=O) groups excluding carboxylic acids is 2. The van der Waals surface area contributed by atoms with Gasteiger partial charge in [0.05, 0.1) is 13.0 Å². The highest BCUT2D eigenvalue weighted by atomic mass is 16.5. The Hall–Kier alpha value is -1.59. The van der Waals surface area contributed by atoms with Gasteiger partial charge < -0.3 is 15.2 Å². The average molecular weight is 217 g/mol. The van der Waals surface area contributed by atoms with Crippen LogP contribution in [0, 0.1) is 0 Å². The lowest BCUT2D eigenvalue weighted by atomic mass is 10.2. The van der Waals surface area contributed by atoms with E-state index in [-0.39, 0.29) is 19.4 Å². The highest BCUT2D eigenvalue weighted by Gasteiger charge is 2.14. The van der Waals surface area contributed by atoms with E-state index in [4.69, 9.17) is 5.11 Å². The monoisotopic (exact) mass is 217 g/mol. The second kappa shape index (κ2) is 6.80. The van der Waals surface area contributed by atoms with Gasteiger partial charge in [0, 0.05) is 6.42 Å². The molecule has 0 saturated heterocycles. The minimum absolute atomic E-state index is 0.0357. The smallest absolute Gasteiger partial charge is 0.325 e. The van der Waals surface area contributed by atoms with Crippen LogP contribution in [0.4, 0.5) is 0 Å². The molecular weight excluding hydrogens is 202 g/mol. The minimum Gasteiger partial charge on any atom is -0.480 e. The van der Waals surface area contributed by atoms with Crippen molar-refractivity contribution in [2.75, 3.05) is 6.61 Å². The van der Waals surface area contributed by atoms with Crippen molar-refractivity contribution in [3.8, 4) is 0 Å². The Labute approximate surface area is 87.6 Å². The van der Waals surface area contributed by atoms with Gasteiger partial charge in [0.1, 0.15) is 6.04 Å². The highest BCUT2D eigenvalue weighted by molar-refractivity contribution is 5.85. The first-order valence-electron chi connectivity index (χ1n) is 4.65. The summed E-state index contributed by atoms with van der Waals surface area (Å²) in [7, 11) is 0. The highest BCUT2D eigenvalue weighted by Crippen LogP contribution is 1.94. The quantitative estimate of drug-likeness (QED) is 0.607. The van der Waals surface area contributed by atoms with Crippen molar-refractivity contribution >= 4 is 17.8 Å². The van der Waals surface area contributed by atoms with Crippen LogP contribution in [0.25, 0.3) is 0 Å². The van der Waals surface area contributed by atoms with Crippen LogP contribution in [-0.4, -0.2) is 35.6 Å². The van der Waals surface area contributed by atoms with Gasteiger partial charge in [0.25, 0.3) is 0 Å². The van der Waals surface area contributed by atoms with Crippen LogP contribution >= 0.6 is 0 Å². The van der Waals surface area contributed by atoms with Crippen molar-refractivity contribution in [1.29, 1.82) is 0 Å². The third kappa shape index (κ3) is 6.48. The van der Waals surface area contributed by atoms with Crippen molar-refractivity contribution in [1.82, 2.24) is 5.32 Å². The van der Waals surface area contributed by atoms with E-state index < -0.39 is 23.9 Å². The van der Waals surface area contributed by atoms with Crippen LogP contribution in [-0.2, 0) is 19.1 Å². The van der Waals surface area contributed by atoms with Crippen LogP contribution < -0.4 is 5.32 Å². The Morgan fingerprint density at radius 3 is 2.40 bits per heavy atom. The molecule has 0 bridgehead atoms. The molecule has 0 aromatic carbocycles. The van der Waals surface area contributed by atoms with E-state index in [0.29, 0.717) is 0 Å². The minimum atomic E-state index is -1.11. The number of amides is 1. The molecule has 0 fully saturated rings. The summed E-state index contributed by atoms with van der Waals surface area (Å²) >= 11 is 0. The number of carboxylic acids is 1. The van der Waals surface area contributed by atoms with Crippen molar-refractivity contribution in [2.24, 2.45) is 0 Å². The number of esters is 1. The predicted molar refractivity (Wildman–Crippen MR) is 51.1 cm³/mol. The molecule has 0 spiro atoms. The Kier molecular flexibility index (Phi) is 6.08. The Balaban J connectivity index is 3.75. The zero-order valence-corrected chi connectivity index (χ0v) is 8.78. The van der Waals surface area contributed by atoms with Gasteiger partial charge >= 0.3 is 11.9 Å². The van der Waals surface area contributed by atoms with Crippen molar-refractivity contribution in [3.63, 3.8) is 0 Å². The molecule has 0 aromatic rings. The summed E-state index contributed by atoms with van der Waals surface area (Å²) in [6, 6.07) is -0.945. The fraction of sp³-hybridized carbons (Fsp3) is 0.667. The third-order valence-corrected chi connectivity index (χ3v) is 1.61. The van der Waals surface area contributed by atoms with E-state index in [0.717, 1.165) is 0 Å². The topological polar surface area (TPSA) is 92.7 Å². The zero-order valence-electron chi connectivity index (χ0n) is 8.78. The number of ether oxygens (including phenoxy) is 1. The maximum atomic E-state index is 11.1. The van der Waals surface area contributed by atoms with Crippen LogP contribution in [0.5, 0.6) is 0 Å². The largest absolute Gasteiger partial charge is 0.480 e. The van der Waals surface area contributed by atoms with Crippen LogP contribution in [0.3, 0.4) is 0 Å². The number of rotatable bonds is 6. The van der Waals surface area contributed by atoms with Gasteiger partial charge in [0.15, 0.2) is 0 Å². The molecule has 0 saturated carbocycles. The molecule has 0 radical (unpaired) electrons. The lowest BCUT2D eigenvalue weighted by Crippen LogP contribution is -2.38. The van der Waals surface area contributed by atoms with Gasteiger partial charge in [-0.25, -0.2) is 0 Å². The summed E-state index contributed by atoms with van der Waals surface area (Å²) in [4.78, 5) is 32.3. The molecule has 0 heterocycles. The molecule has 1 atom stereocenters. The standard InChI is InChI=1S/C9H15NO5/c1-3-15-8(12)5-4-7(11)10-6(2)9(13)14/h6H,3-5H2,1-2H3,(H,10,11)(H,13,14)/t6-/m1/s1. The fourth-order valence-electron chi connectivity index (χ4n) is 0.824. The maximum Gasteiger partial charge on any atom is 0.325 e. The van der Waals surface area contributed by atoms with Gasteiger partial charge in [-0.1, -0.05) is 0 Å². The molecule has 86 valence electrons. The third-order valence-electron chi connectivity index (χ3n) is 1.61. The molecule has 2 N–H and O–H groups in total. The number of carbonyl (C=O) groups is 3. The van der Waals surface area contributed by atoms with Gasteiger partial charge in [0.2, 0.25) is 5.91 Å². The lowest BCUT2D eigenvalue weighted by molar-refractivity contribution is -0.144. The first kappa shape index (κ1) is 13.4. The Bertz CT molecular complexity index is 251. The first-order chi connectivity index (χ1) is 6.97. The van der Waals surface area contributed by atoms with Crippen LogP contribution in [0.1, 0.15) is 26.7 Å².